The molecular formula is C23H22ClN5O2. The third kappa shape index (κ3) is 6.78. The Morgan fingerprint density at radius 3 is 2.77 bits per heavy atom. The van der Waals surface area contributed by atoms with Crippen LogP contribution in [-0.4, -0.2) is 29.5 Å². The van der Waals surface area contributed by atoms with E-state index in [1.165, 1.54) is 12.4 Å². The van der Waals surface area contributed by atoms with E-state index in [-0.39, 0.29) is 18.0 Å². The zero-order valence-corrected chi connectivity index (χ0v) is 17.8. The van der Waals surface area contributed by atoms with E-state index < -0.39 is 0 Å². The number of anilines is 1. The van der Waals surface area contributed by atoms with Gasteiger partial charge in [0, 0.05) is 17.3 Å². The lowest BCUT2D eigenvalue weighted by Crippen LogP contribution is -2.17. The molecule has 0 fully saturated rings. The Hall–Kier alpha value is -3.47. The Labute approximate surface area is 186 Å². The number of amides is 1. The van der Waals surface area contributed by atoms with E-state index in [2.05, 4.69) is 20.6 Å². The third-order valence-corrected chi connectivity index (χ3v) is 4.88. The Bertz CT molecular complexity index is 1080. The van der Waals surface area contributed by atoms with Crippen molar-refractivity contribution in [1.82, 2.24) is 15.3 Å². The van der Waals surface area contributed by atoms with Gasteiger partial charge in [0.05, 0.1) is 31.6 Å². The molecule has 3 rings (SSSR count). The molecule has 2 N–H and O–H groups in total. The van der Waals surface area contributed by atoms with E-state index in [1.807, 2.05) is 42.5 Å². The summed E-state index contributed by atoms with van der Waals surface area (Å²) in [7, 11) is 1.65. The molecule has 31 heavy (non-hydrogen) atoms. The maximum absolute atomic E-state index is 12.2. The molecule has 1 heterocycles. The van der Waals surface area contributed by atoms with Crippen molar-refractivity contribution in [2.45, 2.75) is 19.4 Å². The number of rotatable bonds is 9. The first-order valence-electron chi connectivity index (χ1n) is 9.70. The summed E-state index contributed by atoms with van der Waals surface area (Å²) in [6.45, 7) is 1.50. The van der Waals surface area contributed by atoms with Gasteiger partial charge in [-0.15, -0.1) is 0 Å². The molecule has 0 unspecified atom stereocenters. The number of nitrogens with one attached hydrogen (secondary N) is 2. The molecule has 7 nitrogen and oxygen atoms in total. The van der Waals surface area contributed by atoms with Crippen molar-refractivity contribution >= 4 is 23.2 Å². The fourth-order valence-corrected chi connectivity index (χ4v) is 3.21. The van der Waals surface area contributed by atoms with Crippen LogP contribution in [0.4, 0.5) is 5.69 Å². The van der Waals surface area contributed by atoms with Gasteiger partial charge in [0.2, 0.25) is 5.91 Å². The molecule has 0 bridgehead atoms. The smallest absolute Gasteiger partial charge is 0.230 e. The summed E-state index contributed by atoms with van der Waals surface area (Å²) in [6, 6.07) is 15.3. The van der Waals surface area contributed by atoms with Gasteiger partial charge in [0.25, 0.3) is 0 Å². The first-order valence-corrected chi connectivity index (χ1v) is 10.1. The molecule has 0 aliphatic carbocycles. The van der Waals surface area contributed by atoms with Crippen molar-refractivity contribution in [2.24, 2.45) is 0 Å². The normalized spacial score (nSPS) is 10.4. The summed E-state index contributed by atoms with van der Waals surface area (Å²) < 4.78 is 5.23. The monoisotopic (exact) mass is 435 g/mol. The Kier molecular flexibility index (Phi) is 7.93. The van der Waals surface area contributed by atoms with Gasteiger partial charge in [-0.1, -0.05) is 29.8 Å². The minimum absolute atomic E-state index is 0.0618. The van der Waals surface area contributed by atoms with Crippen LogP contribution in [-0.2, 0) is 24.2 Å². The van der Waals surface area contributed by atoms with Crippen LogP contribution in [0.3, 0.4) is 0 Å². The SMILES string of the molecule is COc1cccc(CNCCc2ccc(NC(=O)Cc3cnc(C#N)cn3)cc2Cl)c1. The van der Waals surface area contributed by atoms with Gasteiger partial charge in [-0.2, -0.15) is 5.26 Å². The molecule has 0 aliphatic heterocycles. The van der Waals surface area contributed by atoms with Crippen LogP contribution >= 0.6 is 11.6 Å². The second kappa shape index (κ2) is 11.1. The summed E-state index contributed by atoms with van der Waals surface area (Å²) >= 11 is 6.39. The molecule has 2 aromatic carbocycles. The molecule has 158 valence electrons. The van der Waals surface area contributed by atoms with Gasteiger partial charge >= 0.3 is 0 Å². The maximum Gasteiger partial charge on any atom is 0.230 e. The molecule has 1 aromatic heterocycles. The van der Waals surface area contributed by atoms with Crippen molar-refractivity contribution in [3.05, 3.63) is 82.4 Å². The fourth-order valence-electron chi connectivity index (χ4n) is 2.94. The van der Waals surface area contributed by atoms with Crippen LogP contribution < -0.4 is 15.4 Å². The largest absolute Gasteiger partial charge is 0.497 e. The number of aromatic nitrogens is 2. The number of carbonyl (C=O) groups is 1. The fraction of sp³-hybridized carbons (Fsp3) is 0.217. The average Bonchev–Trinajstić information content (AvgIpc) is 2.78. The van der Waals surface area contributed by atoms with Crippen molar-refractivity contribution in [2.75, 3.05) is 19.0 Å². The molecule has 1 amide bonds. The average molecular weight is 436 g/mol. The standard InChI is InChI=1S/C23H22ClN5O2/c1-31-21-4-2-3-16(9-21)13-26-8-7-17-5-6-18(10-22(17)24)29-23(30)11-19-14-28-20(12-25)15-27-19/h2-6,9-10,14-15,26H,7-8,11,13H2,1H3,(H,29,30). The molecule has 0 spiro atoms. The van der Waals surface area contributed by atoms with Crippen molar-refractivity contribution in [1.29, 1.82) is 5.26 Å². The number of carbonyl (C=O) groups excluding carboxylic acids is 1. The molecule has 3 aromatic rings. The van der Waals surface area contributed by atoms with Gasteiger partial charge in [0.1, 0.15) is 11.8 Å². The molecule has 0 radical (unpaired) electrons. The van der Waals surface area contributed by atoms with Crippen molar-refractivity contribution in [3.8, 4) is 11.8 Å². The van der Waals surface area contributed by atoms with Crippen molar-refractivity contribution in [3.63, 3.8) is 0 Å². The van der Waals surface area contributed by atoms with Gasteiger partial charge < -0.3 is 15.4 Å². The van der Waals surface area contributed by atoms with Gasteiger partial charge in [-0.3, -0.25) is 9.78 Å². The van der Waals surface area contributed by atoms with Crippen LogP contribution in [0.1, 0.15) is 22.5 Å². The van der Waals surface area contributed by atoms with Gasteiger partial charge in [-0.05, 0) is 48.4 Å². The molecule has 0 atom stereocenters. The highest BCUT2D eigenvalue weighted by molar-refractivity contribution is 6.31. The number of hydrogen-bond donors (Lipinski definition) is 2. The van der Waals surface area contributed by atoms with Crippen molar-refractivity contribution < 1.29 is 9.53 Å². The highest BCUT2D eigenvalue weighted by Gasteiger charge is 2.08. The zero-order valence-electron chi connectivity index (χ0n) is 17.1. The molecule has 0 aliphatic rings. The predicted molar refractivity (Wildman–Crippen MR) is 119 cm³/mol. The summed E-state index contributed by atoms with van der Waals surface area (Å²) in [4.78, 5) is 20.2. The topological polar surface area (TPSA) is 99.9 Å². The molecular weight excluding hydrogens is 414 g/mol. The number of ether oxygens (including phenoxy) is 1. The van der Waals surface area contributed by atoms with Gasteiger partial charge in [-0.25, -0.2) is 4.98 Å². The van der Waals surface area contributed by atoms with E-state index in [9.17, 15) is 4.79 Å². The quantitative estimate of drug-likeness (QED) is 0.499. The van der Waals surface area contributed by atoms with Gasteiger partial charge in [0.15, 0.2) is 5.69 Å². The second-order valence-corrected chi connectivity index (χ2v) is 7.22. The summed E-state index contributed by atoms with van der Waals surface area (Å²) in [6.07, 6.45) is 3.59. The number of halogens is 1. The van der Waals surface area contributed by atoms with Crippen LogP contribution in [0, 0.1) is 11.3 Å². The molecule has 0 saturated heterocycles. The van der Waals surface area contributed by atoms with E-state index in [0.717, 1.165) is 36.4 Å². The lowest BCUT2D eigenvalue weighted by molar-refractivity contribution is -0.115. The Morgan fingerprint density at radius 2 is 2.06 bits per heavy atom. The minimum atomic E-state index is -0.234. The summed E-state index contributed by atoms with van der Waals surface area (Å²) in [5.41, 5.74) is 3.46. The van der Waals surface area contributed by atoms with Crippen LogP contribution in [0.5, 0.6) is 5.75 Å². The number of nitrogens with zero attached hydrogens (tertiary/aromatic N) is 3. The lowest BCUT2D eigenvalue weighted by atomic mass is 10.1. The van der Waals surface area contributed by atoms with E-state index in [0.29, 0.717) is 16.4 Å². The minimum Gasteiger partial charge on any atom is -0.497 e. The van der Waals surface area contributed by atoms with Crippen LogP contribution in [0.2, 0.25) is 5.02 Å². The Balaban J connectivity index is 1.47. The molecule has 0 saturated carbocycles. The number of methoxy groups -OCH3 is 1. The zero-order chi connectivity index (χ0) is 22.1. The highest BCUT2D eigenvalue weighted by Crippen LogP contribution is 2.21. The number of benzene rings is 2. The first-order chi connectivity index (χ1) is 15.1. The third-order valence-electron chi connectivity index (χ3n) is 4.53. The Morgan fingerprint density at radius 1 is 1.19 bits per heavy atom. The predicted octanol–water partition coefficient (Wildman–Crippen LogP) is 3.52. The number of nitriles is 1. The second-order valence-electron chi connectivity index (χ2n) is 6.81. The highest BCUT2D eigenvalue weighted by atomic mass is 35.5. The van der Waals surface area contributed by atoms with E-state index in [4.69, 9.17) is 21.6 Å². The van der Waals surface area contributed by atoms with Crippen LogP contribution in [0.25, 0.3) is 0 Å². The van der Waals surface area contributed by atoms with E-state index in [1.54, 1.807) is 13.2 Å². The van der Waals surface area contributed by atoms with E-state index >= 15 is 0 Å². The first kappa shape index (κ1) is 22.2. The molecule has 8 heteroatoms. The van der Waals surface area contributed by atoms with Crippen LogP contribution in [0.15, 0.2) is 54.9 Å². The lowest BCUT2D eigenvalue weighted by Gasteiger charge is -2.10. The maximum atomic E-state index is 12.2. The number of hydrogen-bond acceptors (Lipinski definition) is 6. The summed E-state index contributed by atoms with van der Waals surface area (Å²) in [5.74, 6) is 0.606. The summed E-state index contributed by atoms with van der Waals surface area (Å²) in [5, 5.41) is 15.5.